The molecule has 1 aliphatic rings. The molecular formula is C14H22N2OS. The van der Waals surface area contributed by atoms with E-state index >= 15 is 0 Å². The Balaban J connectivity index is 2.20. The van der Waals surface area contributed by atoms with Gasteiger partial charge in [0.25, 0.3) is 0 Å². The second-order valence-electron chi connectivity index (χ2n) is 5.70. The number of carbonyl (C=O) groups excluding carboxylic acids is 1. The molecule has 1 aromatic rings. The molecule has 100 valence electrons. The summed E-state index contributed by atoms with van der Waals surface area (Å²) in [7, 11) is 0. The van der Waals surface area contributed by atoms with Crippen molar-refractivity contribution in [1.29, 1.82) is 0 Å². The van der Waals surface area contributed by atoms with Crippen LogP contribution >= 0.6 is 11.3 Å². The predicted molar refractivity (Wildman–Crippen MR) is 75.4 cm³/mol. The van der Waals surface area contributed by atoms with Gasteiger partial charge in [0.15, 0.2) is 0 Å². The molecule has 0 saturated heterocycles. The summed E-state index contributed by atoms with van der Waals surface area (Å²) in [6, 6.07) is 4.47. The van der Waals surface area contributed by atoms with Gasteiger partial charge in [-0.25, -0.2) is 0 Å². The SMILES string of the molecule is CC(C)C(C)(NC(c1cccs1)C1CC1)C(N)=O. The Kier molecular flexibility index (Phi) is 3.78. The van der Waals surface area contributed by atoms with Gasteiger partial charge in [-0.2, -0.15) is 0 Å². The molecule has 1 amide bonds. The predicted octanol–water partition coefficient (Wildman–Crippen LogP) is 2.69. The van der Waals surface area contributed by atoms with Crippen LogP contribution in [0.15, 0.2) is 17.5 Å². The number of rotatable bonds is 6. The Morgan fingerprint density at radius 1 is 1.56 bits per heavy atom. The lowest BCUT2D eigenvalue weighted by Crippen LogP contribution is -2.58. The fraction of sp³-hybridized carbons (Fsp3) is 0.643. The molecule has 1 aliphatic carbocycles. The van der Waals surface area contributed by atoms with Gasteiger partial charge in [-0.3, -0.25) is 10.1 Å². The Hall–Kier alpha value is -0.870. The van der Waals surface area contributed by atoms with Crippen LogP contribution in [0.1, 0.15) is 44.5 Å². The fourth-order valence-electron chi connectivity index (χ4n) is 2.16. The molecule has 3 N–H and O–H groups in total. The van der Waals surface area contributed by atoms with Crippen LogP contribution in [0.3, 0.4) is 0 Å². The second kappa shape index (κ2) is 5.02. The number of nitrogens with one attached hydrogen (secondary N) is 1. The zero-order chi connectivity index (χ0) is 13.3. The lowest BCUT2D eigenvalue weighted by Gasteiger charge is -2.35. The Morgan fingerprint density at radius 3 is 2.61 bits per heavy atom. The zero-order valence-corrected chi connectivity index (χ0v) is 12.1. The largest absolute Gasteiger partial charge is 0.368 e. The maximum absolute atomic E-state index is 11.8. The van der Waals surface area contributed by atoms with E-state index in [0.29, 0.717) is 5.92 Å². The van der Waals surface area contributed by atoms with Gasteiger partial charge in [-0.15, -0.1) is 11.3 Å². The van der Waals surface area contributed by atoms with E-state index in [1.165, 1.54) is 17.7 Å². The number of carbonyl (C=O) groups is 1. The third-order valence-corrected chi connectivity index (χ3v) is 5.02. The van der Waals surface area contributed by atoms with Gasteiger partial charge in [0.05, 0.1) is 5.54 Å². The first-order valence-corrected chi connectivity index (χ1v) is 7.44. The maximum Gasteiger partial charge on any atom is 0.237 e. The summed E-state index contributed by atoms with van der Waals surface area (Å²) >= 11 is 1.75. The highest BCUT2D eigenvalue weighted by atomic mass is 32.1. The van der Waals surface area contributed by atoms with Crippen molar-refractivity contribution < 1.29 is 4.79 Å². The van der Waals surface area contributed by atoms with Gasteiger partial charge >= 0.3 is 0 Å². The van der Waals surface area contributed by atoms with Crippen LogP contribution in [0.5, 0.6) is 0 Å². The highest BCUT2D eigenvalue weighted by molar-refractivity contribution is 7.10. The van der Waals surface area contributed by atoms with E-state index in [-0.39, 0.29) is 17.9 Å². The molecule has 4 heteroatoms. The molecule has 1 aromatic heterocycles. The first-order chi connectivity index (χ1) is 8.45. The first kappa shape index (κ1) is 13.6. The highest BCUT2D eigenvalue weighted by Gasteiger charge is 2.42. The molecule has 2 rings (SSSR count). The van der Waals surface area contributed by atoms with Crippen LogP contribution < -0.4 is 11.1 Å². The Morgan fingerprint density at radius 2 is 2.22 bits per heavy atom. The molecule has 1 fully saturated rings. The molecule has 0 aromatic carbocycles. The van der Waals surface area contributed by atoms with Crippen molar-refractivity contribution in [2.24, 2.45) is 17.6 Å². The van der Waals surface area contributed by atoms with Crippen molar-refractivity contribution >= 4 is 17.2 Å². The van der Waals surface area contributed by atoms with Crippen molar-refractivity contribution in [2.45, 2.75) is 45.2 Å². The topological polar surface area (TPSA) is 55.1 Å². The molecule has 2 unspecified atom stereocenters. The van der Waals surface area contributed by atoms with Crippen LogP contribution in [0.25, 0.3) is 0 Å². The molecule has 0 radical (unpaired) electrons. The molecule has 0 bridgehead atoms. The quantitative estimate of drug-likeness (QED) is 0.831. The van der Waals surface area contributed by atoms with Gasteiger partial charge in [-0.05, 0) is 43.0 Å². The van der Waals surface area contributed by atoms with E-state index < -0.39 is 5.54 Å². The molecule has 2 atom stereocenters. The van der Waals surface area contributed by atoms with Gasteiger partial charge in [0.1, 0.15) is 0 Å². The molecule has 0 spiro atoms. The zero-order valence-electron chi connectivity index (χ0n) is 11.3. The van der Waals surface area contributed by atoms with E-state index in [2.05, 4.69) is 22.8 Å². The summed E-state index contributed by atoms with van der Waals surface area (Å²) in [5.41, 5.74) is 4.95. The Labute approximate surface area is 113 Å². The van der Waals surface area contributed by atoms with Crippen LogP contribution in [-0.4, -0.2) is 11.4 Å². The van der Waals surface area contributed by atoms with Crippen LogP contribution in [0.4, 0.5) is 0 Å². The van der Waals surface area contributed by atoms with Crippen molar-refractivity contribution in [3.05, 3.63) is 22.4 Å². The van der Waals surface area contributed by atoms with Gasteiger partial charge < -0.3 is 5.73 Å². The lowest BCUT2D eigenvalue weighted by atomic mass is 9.86. The van der Waals surface area contributed by atoms with Crippen LogP contribution in [-0.2, 0) is 4.79 Å². The number of hydrogen-bond acceptors (Lipinski definition) is 3. The van der Waals surface area contributed by atoms with E-state index in [1.807, 2.05) is 20.8 Å². The number of thiophene rings is 1. The molecule has 0 aliphatic heterocycles. The van der Waals surface area contributed by atoms with Gasteiger partial charge in [0.2, 0.25) is 5.91 Å². The average Bonchev–Trinajstić information content (AvgIpc) is 3.00. The van der Waals surface area contributed by atoms with E-state index in [9.17, 15) is 4.79 Å². The van der Waals surface area contributed by atoms with Crippen LogP contribution in [0, 0.1) is 11.8 Å². The minimum absolute atomic E-state index is 0.177. The van der Waals surface area contributed by atoms with Gasteiger partial charge in [-0.1, -0.05) is 19.9 Å². The highest BCUT2D eigenvalue weighted by Crippen LogP contribution is 2.43. The normalized spacial score (nSPS) is 20.7. The number of nitrogens with two attached hydrogens (primary N) is 1. The van der Waals surface area contributed by atoms with E-state index in [1.54, 1.807) is 11.3 Å². The number of hydrogen-bond donors (Lipinski definition) is 2. The summed E-state index contributed by atoms with van der Waals surface area (Å²) in [4.78, 5) is 13.1. The maximum atomic E-state index is 11.8. The first-order valence-electron chi connectivity index (χ1n) is 6.56. The average molecular weight is 266 g/mol. The van der Waals surface area contributed by atoms with Crippen molar-refractivity contribution in [3.63, 3.8) is 0 Å². The lowest BCUT2D eigenvalue weighted by molar-refractivity contribution is -0.125. The Bertz CT molecular complexity index is 411. The number of primary amides is 1. The molecule has 3 nitrogen and oxygen atoms in total. The monoisotopic (exact) mass is 266 g/mol. The van der Waals surface area contributed by atoms with Gasteiger partial charge in [0, 0.05) is 10.9 Å². The van der Waals surface area contributed by atoms with Crippen molar-refractivity contribution in [1.82, 2.24) is 5.32 Å². The smallest absolute Gasteiger partial charge is 0.237 e. The molecule has 1 saturated carbocycles. The molecular weight excluding hydrogens is 244 g/mol. The summed E-state index contributed by atoms with van der Waals surface area (Å²) < 4.78 is 0. The minimum atomic E-state index is -0.642. The van der Waals surface area contributed by atoms with E-state index in [4.69, 9.17) is 5.73 Å². The summed E-state index contributed by atoms with van der Waals surface area (Å²) in [5, 5.41) is 5.62. The van der Waals surface area contributed by atoms with Crippen molar-refractivity contribution in [2.75, 3.05) is 0 Å². The third-order valence-electron chi connectivity index (χ3n) is 4.07. The second-order valence-corrected chi connectivity index (χ2v) is 6.68. The van der Waals surface area contributed by atoms with Crippen LogP contribution in [0.2, 0.25) is 0 Å². The standard InChI is InChI=1S/C14H22N2OS/c1-9(2)14(3,13(15)17)16-12(10-6-7-10)11-5-4-8-18-11/h4-5,8-10,12,16H,6-7H2,1-3H3,(H2,15,17). The minimum Gasteiger partial charge on any atom is -0.368 e. The molecule has 1 heterocycles. The summed E-state index contributed by atoms with van der Waals surface area (Å²) in [6.45, 7) is 6.00. The summed E-state index contributed by atoms with van der Waals surface area (Å²) in [5.74, 6) is 0.567. The fourth-order valence-corrected chi connectivity index (χ4v) is 3.03. The molecule has 18 heavy (non-hydrogen) atoms. The third kappa shape index (κ3) is 2.59. The van der Waals surface area contributed by atoms with E-state index in [0.717, 1.165) is 0 Å². The van der Waals surface area contributed by atoms with Crippen molar-refractivity contribution in [3.8, 4) is 0 Å². The summed E-state index contributed by atoms with van der Waals surface area (Å²) in [6.07, 6.45) is 2.48. The number of amides is 1.